The van der Waals surface area contributed by atoms with Crippen molar-refractivity contribution in [2.45, 2.75) is 40.7 Å². The molecule has 0 aromatic carbocycles. The molecule has 0 radical (unpaired) electrons. The van der Waals surface area contributed by atoms with Gasteiger partial charge in [0, 0.05) is 6.10 Å². The molecule has 0 saturated carbocycles. The molecule has 0 saturated heterocycles. The molecule has 0 fully saturated rings. The SMILES string of the molecule is CC(C)O[B-](C#N)(C#N)C#N.CC[NH+](CC)CC. The summed E-state index contributed by atoms with van der Waals surface area (Å²) < 4.78 is 4.86. The zero-order valence-electron chi connectivity index (χ0n) is 12.0. The van der Waals surface area contributed by atoms with Crippen LogP contribution in [0.1, 0.15) is 34.6 Å². The fraction of sp³-hybridized carbons (Fsp3) is 0.750. The summed E-state index contributed by atoms with van der Waals surface area (Å²) in [6, 6.07) is 0. The number of quaternary nitrogens is 1. The number of hydrogen-bond acceptors (Lipinski definition) is 4. The zero-order chi connectivity index (χ0) is 14.6. The summed E-state index contributed by atoms with van der Waals surface area (Å²) in [7, 11) is 0. The molecular formula is C12H23BN4O. The summed E-state index contributed by atoms with van der Waals surface area (Å²) in [4.78, 5) is 1.68. The summed E-state index contributed by atoms with van der Waals surface area (Å²) in [6.07, 6.45) is -2.86. The molecule has 6 heteroatoms. The van der Waals surface area contributed by atoms with Crippen molar-refractivity contribution in [2.24, 2.45) is 0 Å². The Morgan fingerprint density at radius 3 is 1.33 bits per heavy atom. The molecule has 0 unspecified atom stereocenters. The molecule has 100 valence electrons. The van der Waals surface area contributed by atoms with E-state index in [4.69, 9.17) is 20.4 Å². The Hall–Kier alpha value is -1.55. The Balaban J connectivity index is 0. The molecule has 0 aliphatic carbocycles. The van der Waals surface area contributed by atoms with Gasteiger partial charge in [0.25, 0.3) is 0 Å². The third kappa shape index (κ3) is 7.68. The van der Waals surface area contributed by atoms with E-state index in [9.17, 15) is 0 Å². The molecule has 1 N–H and O–H groups in total. The highest BCUT2D eigenvalue weighted by atomic mass is 16.5. The standard InChI is InChI=1S/C6H7BN3O.C6H15N/c1-6(2)11-7(3-8,4-9)5-10;1-4-7(5-2)6-3/h6H,1-2H3;4-6H2,1-3H3/q-1;/p+1. The van der Waals surface area contributed by atoms with E-state index in [1.165, 1.54) is 19.6 Å². The van der Waals surface area contributed by atoms with E-state index >= 15 is 0 Å². The highest BCUT2D eigenvalue weighted by Gasteiger charge is 2.26. The van der Waals surface area contributed by atoms with Crippen LogP contribution in [0, 0.1) is 33.7 Å². The quantitative estimate of drug-likeness (QED) is 0.719. The highest BCUT2D eigenvalue weighted by molar-refractivity contribution is 6.94. The van der Waals surface area contributed by atoms with Crippen LogP contribution in [-0.4, -0.2) is 32.1 Å². The summed E-state index contributed by atoms with van der Waals surface area (Å²) in [6.45, 7) is 13.8. The van der Waals surface area contributed by atoms with Gasteiger partial charge in [0.05, 0.1) is 19.6 Å². The van der Waals surface area contributed by atoms with Crippen molar-refractivity contribution in [2.75, 3.05) is 19.6 Å². The van der Waals surface area contributed by atoms with E-state index in [0.717, 1.165) is 0 Å². The second-order valence-electron chi connectivity index (χ2n) is 4.17. The van der Waals surface area contributed by atoms with Gasteiger partial charge >= 0.3 is 6.35 Å². The minimum atomic E-state index is -2.58. The van der Waals surface area contributed by atoms with Gasteiger partial charge in [-0.3, -0.25) is 0 Å². The van der Waals surface area contributed by atoms with Gasteiger partial charge in [0.1, 0.15) is 0 Å². The van der Waals surface area contributed by atoms with Gasteiger partial charge in [-0.05, 0) is 34.6 Å². The first kappa shape index (κ1) is 18.8. The summed E-state index contributed by atoms with van der Waals surface area (Å²) in [5, 5.41) is 25.3. The Kier molecular flexibility index (Phi) is 11.1. The fourth-order valence-electron chi connectivity index (χ4n) is 1.34. The Bertz CT molecular complexity index is 292. The van der Waals surface area contributed by atoms with Crippen LogP contribution in [0.15, 0.2) is 0 Å². The van der Waals surface area contributed by atoms with Crippen LogP contribution in [0.5, 0.6) is 0 Å². The number of rotatable bonds is 5. The summed E-state index contributed by atoms with van der Waals surface area (Å²) >= 11 is 0. The van der Waals surface area contributed by atoms with E-state index in [1.54, 1.807) is 36.7 Å². The van der Waals surface area contributed by atoms with Crippen LogP contribution < -0.4 is 4.90 Å². The van der Waals surface area contributed by atoms with Crippen molar-refractivity contribution in [3.8, 4) is 17.9 Å². The largest absolute Gasteiger partial charge is 0.555 e. The lowest BCUT2D eigenvalue weighted by Gasteiger charge is -2.22. The van der Waals surface area contributed by atoms with E-state index < -0.39 is 6.35 Å². The molecular weight excluding hydrogens is 227 g/mol. The second kappa shape index (κ2) is 10.6. The zero-order valence-corrected chi connectivity index (χ0v) is 12.0. The van der Waals surface area contributed by atoms with Crippen LogP contribution in [0.3, 0.4) is 0 Å². The number of nitrogens with one attached hydrogen (secondary N) is 1. The normalized spacial score (nSPS) is 10.0. The third-order valence-electron chi connectivity index (χ3n) is 2.52. The minimum Gasteiger partial charge on any atom is -0.555 e. The lowest BCUT2D eigenvalue weighted by atomic mass is 9.44. The second-order valence-corrected chi connectivity index (χ2v) is 4.17. The molecule has 0 spiro atoms. The summed E-state index contributed by atoms with van der Waals surface area (Å²) in [5.41, 5.74) is 0. The van der Waals surface area contributed by atoms with Crippen molar-refractivity contribution in [3.63, 3.8) is 0 Å². The smallest absolute Gasteiger partial charge is 0.408 e. The van der Waals surface area contributed by atoms with Gasteiger partial charge < -0.3 is 9.55 Å². The highest BCUT2D eigenvalue weighted by Crippen LogP contribution is 2.04. The molecule has 0 aromatic heterocycles. The molecule has 0 aliphatic rings. The van der Waals surface area contributed by atoms with Crippen molar-refractivity contribution < 1.29 is 9.55 Å². The van der Waals surface area contributed by atoms with Crippen molar-refractivity contribution in [1.29, 1.82) is 15.8 Å². The average molecular weight is 250 g/mol. The molecule has 0 bridgehead atoms. The van der Waals surface area contributed by atoms with Crippen LogP contribution in [0.4, 0.5) is 0 Å². The Morgan fingerprint density at radius 1 is 0.944 bits per heavy atom. The molecule has 5 nitrogen and oxygen atoms in total. The van der Waals surface area contributed by atoms with Gasteiger partial charge in [0.2, 0.25) is 0 Å². The number of hydrogen-bond donors (Lipinski definition) is 1. The predicted octanol–water partition coefficient (Wildman–Crippen LogP) is 0.476. The van der Waals surface area contributed by atoms with E-state index in [0.29, 0.717) is 0 Å². The molecule has 18 heavy (non-hydrogen) atoms. The Labute approximate surface area is 111 Å². The molecule has 0 amide bonds. The maximum atomic E-state index is 8.43. The lowest BCUT2D eigenvalue weighted by Crippen LogP contribution is -3.11. The van der Waals surface area contributed by atoms with Gasteiger partial charge in [0.15, 0.2) is 0 Å². The van der Waals surface area contributed by atoms with Crippen LogP contribution in [0.25, 0.3) is 0 Å². The molecule has 0 aromatic rings. The maximum absolute atomic E-state index is 8.43. The topological polar surface area (TPSA) is 85.0 Å². The first-order valence-electron chi connectivity index (χ1n) is 6.34. The number of nitrogens with zero attached hydrogens (tertiary/aromatic N) is 3. The molecule has 0 aliphatic heterocycles. The maximum Gasteiger partial charge on any atom is 0.408 e. The predicted molar refractivity (Wildman–Crippen MR) is 71.4 cm³/mol. The monoisotopic (exact) mass is 250 g/mol. The van der Waals surface area contributed by atoms with E-state index in [2.05, 4.69) is 20.8 Å². The van der Waals surface area contributed by atoms with Crippen LogP contribution in [-0.2, 0) is 4.65 Å². The van der Waals surface area contributed by atoms with Gasteiger partial charge in [-0.2, -0.15) is 0 Å². The molecule has 0 rings (SSSR count). The van der Waals surface area contributed by atoms with E-state index in [-0.39, 0.29) is 6.10 Å². The van der Waals surface area contributed by atoms with Gasteiger partial charge in [-0.25, -0.2) is 15.8 Å². The first-order valence-corrected chi connectivity index (χ1v) is 6.34. The fourth-order valence-corrected chi connectivity index (χ4v) is 1.34. The van der Waals surface area contributed by atoms with Crippen molar-refractivity contribution >= 4 is 6.35 Å². The van der Waals surface area contributed by atoms with Crippen LogP contribution in [0.2, 0.25) is 0 Å². The van der Waals surface area contributed by atoms with Crippen LogP contribution >= 0.6 is 0 Å². The number of nitriles is 3. The van der Waals surface area contributed by atoms with E-state index in [1.807, 2.05) is 0 Å². The average Bonchev–Trinajstić information content (AvgIpc) is 2.38. The summed E-state index contributed by atoms with van der Waals surface area (Å²) in [5.74, 6) is 4.69. The lowest BCUT2D eigenvalue weighted by molar-refractivity contribution is -0.894. The Morgan fingerprint density at radius 2 is 1.28 bits per heavy atom. The van der Waals surface area contributed by atoms with Gasteiger partial charge in [-0.15, -0.1) is 0 Å². The molecule has 0 heterocycles. The third-order valence-corrected chi connectivity index (χ3v) is 2.52. The van der Waals surface area contributed by atoms with Crippen molar-refractivity contribution in [3.05, 3.63) is 0 Å². The molecule has 0 atom stereocenters. The van der Waals surface area contributed by atoms with Crippen molar-refractivity contribution in [1.82, 2.24) is 0 Å². The first-order chi connectivity index (χ1) is 8.44. The minimum absolute atomic E-state index is 0.283. The van der Waals surface area contributed by atoms with Gasteiger partial charge in [-0.1, -0.05) is 17.9 Å².